The maximum Gasteiger partial charge on any atom is 0.488 e. The van der Waals surface area contributed by atoms with Gasteiger partial charge >= 0.3 is 7.12 Å². The summed E-state index contributed by atoms with van der Waals surface area (Å²) >= 11 is 20.1. The van der Waals surface area contributed by atoms with Crippen molar-refractivity contribution < 1.29 is 10.0 Å². The van der Waals surface area contributed by atoms with E-state index in [0.29, 0.717) is 5.46 Å². The van der Waals surface area contributed by atoms with E-state index in [-0.39, 0.29) is 0 Å². The molecule has 2 nitrogen and oxygen atoms in total. The molecule has 0 amide bonds. The molecule has 0 aliphatic carbocycles. The third-order valence-electron chi connectivity index (χ3n) is 11.0. The van der Waals surface area contributed by atoms with Crippen LogP contribution in [-0.4, -0.2) is 17.2 Å². The summed E-state index contributed by atoms with van der Waals surface area (Å²) in [7, 11) is -1.34. The van der Waals surface area contributed by atoms with E-state index in [9.17, 15) is 0 Å². The van der Waals surface area contributed by atoms with Crippen molar-refractivity contribution in [1.29, 1.82) is 0 Å². The van der Waals surface area contributed by atoms with E-state index in [2.05, 4.69) is 184 Å². The Bertz CT molecular complexity index is 3380. The predicted octanol–water partition coefficient (Wildman–Crippen LogP) is 15.8. The van der Waals surface area contributed by atoms with Crippen LogP contribution in [0, 0.1) is 0 Å². The van der Waals surface area contributed by atoms with Gasteiger partial charge in [-0.2, -0.15) is 0 Å². The van der Waals surface area contributed by atoms with Crippen LogP contribution >= 0.6 is 55.1 Å². The molecule has 11 aromatic rings. The van der Waals surface area contributed by atoms with Gasteiger partial charge in [0, 0.05) is 19.0 Å². The molecule has 0 atom stereocenters. The summed E-state index contributed by atoms with van der Waals surface area (Å²) in [5.74, 6) is 0. The monoisotopic (exact) mass is 954 g/mol. The molecule has 0 bridgehead atoms. The van der Waals surface area contributed by atoms with Gasteiger partial charge in [0.05, 0.1) is 0 Å². The van der Waals surface area contributed by atoms with Crippen LogP contribution in [0.5, 0.6) is 0 Å². The zero-order chi connectivity index (χ0) is 42.0. The molecule has 0 radical (unpaired) electrons. The van der Waals surface area contributed by atoms with Gasteiger partial charge in [-0.3, -0.25) is 0 Å². The largest absolute Gasteiger partial charge is 0.488 e. The molecule has 0 heterocycles. The molecule has 0 saturated heterocycles. The van der Waals surface area contributed by atoms with Crippen LogP contribution in [0.1, 0.15) is 0 Å². The Hall–Kier alpha value is -5.50. The first-order valence-corrected chi connectivity index (χ1v) is 22.1. The Morgan fingerprint density at radius 1 is 0.311 bits per heavy atom. The first-order valence-electron chi connectivity index (χ1n) is 19.7. The highest BCUT2D eigenvalue weighted by Gasteiger charge is 2.15. The Morgan fingerprint density at radius 3 is 1.15 bits per heavy atom. The van der Waals surface area contributed by atoms with Crippen LogP contribution in [0.2, 0.25) is 10.0 Å². The number of rotatable bonds is 3. The van der Waals surface area contributed by atoms with Gasteiger partial charge in [0.1, 0.15) is 0 Å². The summed E-state index contributed by atoms with van der Waals surface area (Å²) in [5, 5.41) is 33.3. The predicted molar refractivity (Wildman–Crippen MR) is 270 cm³/mol. The third-order valence-corrected chi connectivity index (χ3v) is 12.8. The number of benzene rings is 11. The summed E-state index contributed by atoms with van der Waals surface area (Å²) in [6.07, 6.45) is 0. The van der Waals surface area contributed by atoms with Crippen molar-refractivity contribution in [3.05, 3.63) is 219 Å². The van der Waals surface area contributed by atoms with E-state index >= 15 is 0 Å². The Morgan fingerprint density at radius 2 is 0.639 bits per heavy atom. The standard InChI is InChI=1S/C30H19Cl.C18H9Br2Cl.C6H7BO2/c31-22-15-16-25-27(21-11-5-2-6-12-21)18-29-24-14-8-7-13-23(24)26(19-30(29)28(25)17-22)20-9-3-1-4-10-20;19-17-9-16-14-7-10(21)5-6-13(14)18(20)8-15(16)11-3-1-2-4-12(11)17;8-7(9)6-4-2-1-3-5-6/h1-19H;1-9H;1-5,8-9H. The minimum Gasteiger partial charge on any atom is -0.423 e. The van der Waals surface area contributed by atoms with E-state index < -0.39 is 7.12 Å². The molecule has 2 N–H and O–H groups in total. The van der Waals surface area contributed by atoms with Gasteiger partial charge in [-0.25, -0.2) is 0 Å². The third kappa shape index (κ3) is 8.31. The van der Waals surface area contributed by atoms with Gasteiger partial charge in [-0.05, 0) is 141 Å². The lowest BCUT2D eigenvalue weighted by molar-refractivity contribution is 0.426. The quantitative estimate of drug-likeness (QED) is 0.137. The molecule has 0 aromatic heterocycles. The Balaban J connectivity index is 0.000000136. The van der Waals surface area contributed by atoms with E-state index in [1.54, 1.807) is 24.3 Å². The molecular formula is C54H35BBr2Cl2O2. The fourth-order valence-corrected chi connectivity index (χ4v) is 9.69. The molecule has 0 unspecified atom stereocenters. The van der Waals surface area contributed by atoms with Gasteiger partial charge in [0.15, 0.2) is 0 Å². The lowest BCUT2D eigenvalue weighted by atomic mass is 9.81. The average molecular weight is 957 g/mol. The fourth-order valence-electron chi connectivity index (χ4n) is 8.19. The number of halogens is 4. The smallest absolute Gasteiger partial charge is 0.423 e. The molecule has 11 aromatic carbocycles. The summed E-state index contributed by atoms with van der Waals surface area (Å²) in [6, 6.07) is 68.3. The first-order chi connectivity index (χ1) is 29.7. The number of hydrogen-bond acceptors (Lipinski definition) is 2. The summed E-state index contributed by atoms with van der Waals surface area (Å²) in [5.41, 5.74) is 5.45. The van der Waals surface area contributed by atoms with E-state index in [1.807, 2.05) is 24.3 Å². The topological polar surface area (TPSA) is 40.5 Å². The number of hydrogen-bond donors (Lipinski definition) is 2. The molecule has 11 rings (SSSR count). The van der Waals surface area contributed by atoms with E-state index in [1.165, 1.54) is 86.9 Å². The van der Waals surface area contributed by atoms with Crippen molar-refractivity contribution >= 4 is 132 Å². The molecular weight excluding hydrogens is 922 g/mol. The molecule has 61 heavy (non-hydrogen) atoms. The zero-order valence-corrected chi connectivity index (χ0v) is 37.2. The SMILES string of the molecule is Clc1ccc2c(-c3ccccc3)cc3c4ccccc4c(-c4ccccc4)cc3c2c1.Clc1ccc2c(Br)cc3c4ccccc4c(Br)cc3c2c1.OB(O)c1ccccc1. The van der Waals surface area contributed by atoms with Gasteiger partial charge in [0.2, 0.25) is 0 Å². The highest BCUT2D eigenvalue weighted by Crippen LogP contribution is 2.43. The number of fused-ring (bicyclic) bond motifs is 10. The molecule has 0 saturated carbocycles. The van der Waals surface area contributed by atoms with Crippen LogP contribution in [0.15, 0.2) is 209 Å². The lowest BCUT2D eigenvalue weighted by Gasteiger charge is -2.16. The van der Waals surface area contributed by atoms with Gasteiger partial charge < -0.3 is 10.0 Å². The second-order valence-corrected chi connectivity index (χ2v) is 17.3. The zero-order valence-electron chi connectivity index (χ0n) is 32.5. The van der Waals surface area contributed by atoms with Crippen LogP contribution in [0.25, 0.3) is 86.9 Å². The van der Waals surface area contributed by atoms with Crippen molar-refractivity contribution in [3.63, 3.8) is 0 Å². The highest BCUT2D eigenvalue weighted by molar-refractivity contribution is 9.11. The maximum atomic E-state index is 8.58. The summed E-state index contributed by atoms with van der Waals surface area (Å²) < 4.78 is 2.20. The summed E-state index contributed by atoms with van der Waals surface area (Å²) in [6.45, 7) is 0. The second kappa shape index (κ2) is 17.8. The van der Waals surface area contributed by atoms with Crippen molar-refractivity contribution in [1.82, 2.24) is 0 Å². The molecule has 0 aliphatic heterocycles. The molecule has 0 fully saturated rings. The second-order valence-electron chi connectivity index (χ2n) is 14.7. The van der Waals surface area contributed by atoms with Crippen LogP contribution < -0.4 is 5.46 Å². The van der Waals surface area contributed by atoms with Crippen LogP contribution in [0.4, 0.5) is 0 Å². The average Bonchev–Trinajstić information content (AvgIpc) is 3.30. The normalized spacial score (nSPS) is 11.1. The molecule has 294 valence electrons. The van der Waals surface area contributed by atoms with Crippen molar-refractivity contribution in [3.8, 4) is 22.3 Å². The fraction of sp³-hybridized carbons (Fsp3) is 0. The van der Waals surface area contributed by atoms with Crippen molar-refractivity contribution in [2.45, 2.75) is 0 Å². The van der Waals surface area contributed by atoms with Gasteiger partial charge in [-0.15, -0.1) is 0 Å². The molecule has 0 spiro atoms. The Labute approximate surface area is 381 Å². The minimum atomic E-state index is -1.34. The highest BCUT2D eigenvalue weighted by atomic mass is 79.9. The van der Waals surface area contributed by atoms with E-state index in [4.69, 9.17) is 33.2 Å². The van der Waals surface area contributed by atoms with Gasteiger partial charge in [0.25, 0.3) is 0 Å². The lowest BCUT2D eigenvalue weighted by Crippen LogP contribution is -2.29. The maximum absolute atomic E-state index is 8.58. The van der Waals surface area contributed by atoms with Crippen molar-refractivity contribution in [2.75, 3.05) is 0 Å². The Kier molecular flexibility index (Phi) is 12.0. The molecule has 0 aliphatic rings. The minimum absolute atomic E-state index is 0.525. The van der Waals surface area contributed by atoms with Gasteiger partial charge in [-0.1, -0.05) is 207 Å². The first kappa shape index (κ1) is 40.9. The van der Waals surface area contributed by atoms with Crippen LogP contribution in [-0.2, 0) is 0 Å². The van der Waals surface area contributed by atoms with Crippen molar-refractivity contribution in [2.24, 2.45) is 0 Å². The summed E-state index contributed by atoms with van der Waals surface area (Å²) in [4.78, 5) is 0. The van der Waals surface area contributed by atoms with E-state index in [0.717, 1.165) is 19.0 Å². The molecule has 7 heteroatoms. The van der Waals surface area contributed by atoms with Crippen LogP contribution in [0.3, 0.4) is 0 Å².